The van der Waals surface area contributed by atoms with Crippen LogP contribution in [0, 0.1) is 6.92 Å². The van der Waals surface area contributed by atoms with E-state index in [1.54, 1.807) is 0 Å². The molecule has 3 nitrogen and oxygen atoms in total. The van der Waals surface area contributed by atoms with Gasteiger partial charge in [-0.3, -0.25) is 0 Å². The summed E-state index contributed by atoms with van der Waals surface area (Å²) in [6.45, 7) is 8.74. The number of aliphatic hydroxyl groups is 2. The Morgan fingerprint density at radius 2 is 1.89 bits per heavy atom. The summed E-state index contributed by atoms with van der Waals surface area (Å²) in [6.07, 6.45) is 0.553. The molecule has 3 heteroatoms. The first-order valence-electron chi connectivity index (χ1n) is 6.48. The molecule has 0 aliphatic rings. The maximum atomic E-state index is 9.22. The number of benzene rings is 1. The van der Waals surface area contributed by atoms with Gasteiger partial charge < -0.3 is 15.5 Å². The Morgan fingerprint density at radius 1 is 1.22 bits per heavy atom. The summed E-state index contributed by atoms with van der Waals surface area (Å²) >= 11 is 0. The Bertz CT molecular complexity index is 383. The van der Waals surface area contributed by atoms with Crippen molar-refractivity contribution in [1.82, 2.24) is 0 Å². The van der Waals surface area contributed by atoms with Crippen LogP contribution in [0.5, 0.6) is 0 Å². The fourth-order valence-corrected chi connectivity index (χ4v) is 1.88. The Kier molecular flexibility index (Phi) is 5.17. The topological polar surface area (TPSA) is 52.5 Å². The highest BCUT2D eigenvalue weighted by Crippen LogP contribution is 2.26. The standard InChI is InChI=1S/C15H25NO2/c1-11-9-12(15(2,3)4)5-6-14(11)16-13(10-18)7-8-17/h5-6,9,13,16-18H,7-8,10H2,1-4H3. The number of hydrogen-bond donors (Lipinski definition) is 3. The third-order valence-corrected chi connectivity index (χ3v) is 3.15. The second-order valence-electron chi connectivity index (χ2n) is 5.82. The van der Waals surface area contributed by atoms with Crippen LogP contribution in [0.25, 0.3) is 0 Å². The molecule has 102 valence electrons. The van der Waals surface area contributed by atoms with E-state index in [-0.39, 0.29) is 24.7 Å². The minimum absolute atomic E-state index is 0.0288. The summed E-state index contributed by atoms with van der Waals surface area (Å²) in [5.41, 5.74) is 3.63. The van der Waals surface area contributed by atoms with Crippen molar-refractivity contribution < 1.29 is 10.2 Å². The predicted molar refractivity (Wildman–Crippen MR) is 76.1 cm³/mol. The summed E-state index contributed by atoms with van der Waals surface area (Å²) in [6, 6.07) is 6.25. The molecule has 0 bridgehead atoms. The highest BCUT2D eigenvalue weighted by molar-refractivity contribution is 5.53. The minimum atomic E-state index is -0.0887. The van der Waals surface area contributed by atoms with Crippen molar-refractivity contribution in [3.63, 3.8) is 0 Å². The first kappa shape index (κ1) is 15.0. The Morgan fingerprint density at radius 3 is 2.33 bits per heavy atom. The molecule has 1 atom stereocenters. The van der Waals surface area contributed by atoms with E-state index in [2.05, 4.69) is 51.2 Å². The Hall–Kier alpha value is -1.06. The van der Waals surface area contributed by atoms with Crippen LogP contribution in [0.2, 0.25) is 0 Å². The lowest BCUT2D eigenvalue weighted by Crippen LogP contribution is -2.25. The van der Waals surface area contributed by atoms with E-state index in [4.69, 9.17) is 5.11 Å². The third-order valence-electron chi connectivity index (χ3n) is 3.15. The molecule has 0 aliphatic heterocycles. The molecule has 1 aromatic rings. The van der Waals surface area contributed by atoms with E-state index >= 15 is 0 Å². The average molecular weight is 251 g/mol. The second-order valence-corrected chi connectivity index (χ2v) is 5.82. The van der Waals surface area contributed by atoms with Gasteiger partial charge in [0.1, 0.15) is 0 Å². The van der Waals surface area contributed by atoms with Gasteiger partial charge in [-0.05, 0) is 36.0 Å². The molecule has 0 saturated carbocycles. The van der Waals surface area contributed by atoms with Gasteiger partial charge in [-0.2, -0.15) is 0 Å². The maximum absolute atomic E-state index is 9.22. The SMILES string of the molecule is Cc1cc(C(C)(C)C)ccc1NC(CO)CCO. The highest BCUT2D eigenvalue weighted by Gasteiger charge is 2.15. The molecule has 0 spiro atoms. The average Bonchev–Trinajstić information content (AvgIpc) is 2.29. The van der Waals surface area contributed by atoms with Gasteiger partial charge >= 0.3 is 0 Å². The zero-order chi connectivity index (χ0) is 13.8. The summed E-state index contributed by atoms with van der Waals surface area (Å²) in [7, 11) is 0. The van der Waals surface area contributed by atoms with Crippen LogP contribution in [0.4, 0.5) is 5.69 Å². The van der Waals surface area contributed by atoms with Crippen LogP contribution < -0.4 is 5.32 Å². The zero-order valence-electron chi connectivity index (χ0n) is 11.8. The fraction of sp³-hybridized carbons (Fsp3) is 0.600. The second kappa shape index (κ2) is 6.21. The molecule has 3 N–H and O–H groups in total. The van der Waals surface area contributed by atoms with Gasteiger partial charge in [0.25, 0.3) is 0 Å². The van der Waals surface area contributed by atoms with Gasteiger partial charge in [0.2, 0.25) is 0 Å². The molecular weight excluding hydrogens is 226 g/mol. The number of aliphatic hydroxyl groups excluding tert-OH is 2. The molecule has 1 rings (SSSR count). The summed E-state index contributed by atoms with van der Waals surface area (Å²) in [4.78, 5) is 0. The number of nitrogens with one attached hydrogen (secondary N) is 1. The molecule has 0 radical (unpaired) electrons. The van der Waals surface area contributed by atoms with Crippen LogP contribution in [0.3, 0.4) is 0 Å². The number of rotatable bonds is 5. The van der Waals surface area contributed by atoms with Gasteiger partial charge in [-0.25, -0.2) is 0 Å². The lowest BCUT2D eigenvalue weighted by molar-refractivity contribution is 0.229. The lowest BCUT2D eigenvalue weighted by atomic mass is 9.86. The van der Waals surface area contributed by atoms with Gasteiger partial charge in [0.15, 0.2) is 0 Å². The van der Waals surface area contributed by atoms with Crippen molar-refractivity contribution in [1.29, 1.82) is 0 Å². The van der Waals surface area contributed by atoms with E-state index in [0.717, 1.165) is 5.69 Å². The largest absolute Gasteiger partial charge is 0.396 e. The number of aryl methyl sites for hydroxylation is 1. The van der Waals surface area contributed by atoms with Gasteiger partial charge in [0, 0.05) is 12.3 Å². The smallest absolute Gasteiger partial charge is 0.0633 e. The summed E-state index contributed by atoms with van der Waals surface area (Å²) in [5.74, 6) is 0. The lowest BCUT2D eigenvalue weighted by Gasteiger charge is -2.23. The normalized spacial score (nSPS) is 13.4. The molecule has 0 amide bonds. The molecule has 18 heavy (non-hydrogen) atoms. The predicted octanol–water partition coefficient (Wildman–Crippen LogP) is 2.45. The minimum Gasteiger partial charge on any atom is -0.396 e. The van der Waals surface area contributed by atoms with Crippen molar-refractivity contribution in [2.24, 2.45) is 0 Å². The molecule has 1 aromatic carbocycles. The molecule has 0 fully saturated rings. The highest BCUT2D eigenvalue weighted by atomic mass is 16.3. The monoisotopic (exact) mass is 251 g/mol. The molecular formula is C15H25NO2. The molecule has 1 unspecified atom stereocenters. The molecule has 0 saturated heterocycles. The van der Waals surface area contributed by atoms with E-state index < -0.39 is 0 Å². The quantitative estimate of drug-likeness (QED) is 0.753. The van der Waals surface area contributed by atoms with Crippen molar-refractivity contribution in [2.75, 3.05) is 18.5 Å². The van der Waals surface area contributed by atoms with Crippen LogP contribution in [-0.4, -0.2) is 29.5 Å². The van der Waals surface area contributed by atoms with E-state index in [1.165, 1.54) is 11.1 Å². The molecule has 0 aromatic heterocycles. The summed E-state index contributed by atoms with van der Waals surface area (Å²) in [5, 5.41) is 21.4. The number of hydrogen-bond acceptors (Lipinski definition) is 3. The molecule has 0 heterocycles. The first-order chi connectivity index (χ1) is 8.38. The van der Waals surface area contributed by atoms with Crippen molar-refractivity contribution in [3.05, 3.63) is 29.3 Å². The Labute approximate surface area is 110 Å². The van der Waals surface area contributed by atoms with Crippen molar-refractivity contribution in [3.8, 4) is 0 Å². The zero-order valence-corrected chi connectivity index (χ0v) is 11.8. The third kappa shape index (κ3) is 4.00. The first-order valence-corrected chi connectivity index (χ1v) is 6.48. The van der Waals surface area contributed by atoms with Crippen molar-refractivity contribution in [2.45, 2.75) is 45.6 Å². The van der Waals surface area contributed by atoms with Crippen LogP contribution in [0.15, 0.2) is 18.2 Å². The number of anilines is 1. The van der Waals surface area contributed by atoms with Gasteiger partial charge in [0.05, 0.1) is 12.6 Å². The van der Waals surface area contributed by atoms with E-state index in [9.17, 15) is 5.11 Å². The fourth-order valence-electron chi connectivity index (χ4n) is 1.88. The van der Waals surface area contributed by atoms with Gasteiger partial charge in [-0.1, -0.05) is 32.9 Å². The molecule has 0 aliphatic carbocycles. The van der Waals surface area contributed by atoms with Crippen LogP contribution in [0.1, 0.15) is 38.3 Å². The van der Waals surface area contributed by atoms with Gasteiger partial charge in [-0.15, -0.1) is 0 Å². The van der Waals surface area contributed by atoms with Crippen molar-refractivity contribution >= 4 is 5.69 Å². The summed E-state index contributed by atoms with van der Waals surface area (Å²) < 4.78 is 0. The van der Waals surface area contributed by atoms with E-state index in [1.807, 2.05) is 0 Å². The van der Waals surface area contributed by atoms with Crippen LogP contribution in [-0.2, 0) is 5.41 Å². The maximum Gasteiger partial charge on any atom is 0.0633 e. The van der Waals surface area contributed by atoms with E-state index in [0.29, 0.717) is 6.42 Å². The van der Waals surface area contributed by atoms with Crippen LogP contribution >= 0.6 is 0 Å². The Balaban J connectivity index is 2.85.